The van der Waals surface area contributed by atoms with Crippen molar-refractivity contribution in [3.05, 3.63) is 81.0 Å². The van der Waals surface area contributed by atoms with Crippen LogP contribution in [0.3, 0.4) is 0 Å². The fourth-order valence-corrected chi connectivity index (χ4v) is 4.02. The van der Waals surface area contributed by atoms with Crippen LogP contribution in [0.25, 0.3) is 6.08 Å². The first-order chi connectivity index (χ1) is 14.2. The minimum Gasteiger partial charge on any atom is -0.325 e. The van der Waals surface area contributed by atoms with E-state index in [-0.39, 0.29) is 23.2 Å². The number of nitrogens with zero attached hydrogens (tertiary/aromatic N) is 3. The van der Waals surface area contributed by atoms with E-state index in [0.717, 1.165) is 5.56 Å². The standard InChI is InChI=1S/C23H25N3O4/c1-5-23(15-17-11-7-6-8-12-17)22(28)24(3)20(21(27)25(23)4)14-18-16(2)10-9-13-19(18)26(29)30/h6-14H,5,15H2,1-4H3/b20-14+. The number of likely N-dealkylation sites (N-methyl/N-ethyl adjacent to an activating group) is 2. The Morgan fingerprint density at radius 3 is 2.33 bits per heavy atom. The number of hydrogen-bond donors (Lipinski definition) is 0. The first-order valence-corrected chi connectivity index (χ1v) is 9.79. The molecule has 30 heavy (non-hydrogen) atoms. The lowest BCUT2D eigenvalue weighted by molar-refractivity contribution is -0.385. The summed E-state index contributed by atoms with van der Waals surface area (Å²) < 4.78 is 0. The van der Waals surface area contributed by atoms with Crippen LogP contribution in [0.1, 0.15) is 30.0 Å². The average molecular weight is 407 g/mol. The molecule has 1 saturated heterocycles. The van der Waals surface area contributed by atoms with Gasteiger partial charge in [-0.3, -0.25) is 19.7 Å². The van der Waals surface area contributed by atoms with E-state index in [1.165, 1.54) is 21.9 Å². The van der Waals surface area contributed by atoms with E-state index < -0.39 is 10.5 Å². The van der Waals surface area contributed by atoms with Gasteiger partial charge in [0.25, 0.3) is 17.5 Å². The number of aryl methyl sites for hydroxylation is 1. The number of hydrogen-bond acceptors (Lipinski definition) is 4. The number of rotatable bonds is 5. The third kappa shape index (κ3) is 3.47. The molecule has 1 fully saturated rings. The molecule has 1 aliphatic rings. The summed E-state index contributed by atoms with van der Waals surface area (Å²) in [6, 6.07) is 14.3. The number of benzene rings is 2. The van der Waals surface area contributed by atoms with Crippen molar-refractivity contribution in [3.8, 4) is 0 Å². The monoisotopic (exact) mass is 407 g/mol. The highest BCUT2D eigenvalue weighted by atomic mass is 16.6. The predicted molar refractivity (Wildman–Crippen MR) is 115 cm³/mol. The topological polar surface area (TPSA) is 83.8 Å². The fourth-order valence-electron chi connectivity index (χ4n) is 4.02. The summed E-state index contributed by atoms with van der Waals surface area (Å²) in [5.41, 5.74) is 0.952. The molecule has 0 aromatic heterocycles. The highest BCUT2D eigenvalue weighted by Crippen LogP contribution is 2.35. The molecule has 0 spiro atoms. The van der Waals surface area contributed by atoms with Gasteiger partial charge >= 0.3 is 0 Å². The van der Waals surface area contributed by atoms with Crippen molar-refractivity contribution >= 4 is 23.6 Å². The van der Waals surface area contributed by atoms with E-state index in [0.29, 0.717) is 24.0 Å². The summed E-state index contributed by atoms with van der Waals surface area (Å²) in [4.78, 5) is 40.6. The Morgan fingerprint density at radius 1 is 1.07 bits per heavy atom. The Balaban J connectivity index is 2.08. The molecule has 156 valence electrons. The minimum atomic E-state index is -1.01. The van der Waals surface area contributed by atoms with E-state index in [1.807, 2.05) is 37.3 Å². The number of nitro groups is 1. The van der Waals surface area contributed by atoms with Gasteiger partial charge in [0.2, 0.25) is 0 Å². The van der Waals surface area contributed by atoms with Crippen LogP contribution in [0.2, 0.25) is 0 Å². The van der Waals surface area contributed by atoms with Crippen LogP contribution in [0.4, 0.5) is 5.69 Å². The summed E-state index contributed by atoms with van der Waals surface area (Å²) >= 11 is 0. The molecule has 0 bridgehead atoms. The van der Waals surface area contributed by atoms with Gasteiger partial charge in [0.05, 0.1) is 10.5 Å². The minimum absolute atomic E-state index is 0.101. The second kappa shape index (κ2) is 8.10. The molecular weight excluding hydrogens is 382 g/mol. The number of nitro benzene ring substituents is 1. The Kier molecular flexibility index (Phi) is 5.73. The lowest BCUT2D eigenvalue weighted by atomic mass is 9.82. The van der Waals surface area contributed by atoms with Crippen LogP contribution in [0.5, 0.6) is 0 Å². The molecule has 0 N–H and O–H groups in total. The predicted octanol–water partition coefficient (Wildman–Crippen LogP) is 3.57. The van der Waals surface area contributed by atoms with Crippen LogP contribution >= 0.6 is 0 Å². The van der Waals surface area contributed by atoms with E-state index in [2.05, 4.69) is 0 Å². The first-order valence-electron chi connectivity index (χ1n) is 9.79. The van der Waals surface area contributed by atoms with E-state index >= 15 is 0 Å². The van der Waals surface area contributed by atoms with Gasteiger partial charge in [0.15, 0.2) is 0 Å². The van der Waals surface area contributed by atoms with E-state index in [9.17, 15) is 19.7 Å². The Bertz CT molecular complexity index is 1030. The molecule has 1 aliphatic heterocycles. The fraction of sp³-hybridized carbons (Fsp3) is 0.304. The van der Waals surface area contributed by atoms with Crippen molar-refractivity contribution in [2.24, 2.45) is 0 Å². The Hall–Kier alpha value is -3.48. The molecule has 7 heteroatoms. The lowest BCUT2D eigenvalue weighted by Crippen LogP contribution is -2.65. The molecule has 7 nitrogen and oxygen atoms in total. The van der Waals surface area contributed by atoms with Gasteiger partial charge < -0.3 is 9.80 Å². The molecule has 0 saturated carbocycles. The van der Waals surface area contributed by atoms with Gasteiger partial charge in [-0.2, -0.15) is 0 Å². The van der Waals surface area contributed by atoms with Gasteiger partial charge in [-0.25, -0.2) is 0 Å². The second-order valence-electron chi connectivity index (χ2n) is 7.57. The average Bonchev–Trinajstić information content (AvgIpc) is 2.74. The van der Waals surface area contributed by atoms with E-state index in [4.69, 9.17) is 0 Å². The number of piperazine rings is 1. The van der Waals surface area contributed by atoms with Gasteiger partial charge in [0, 0.05) is 26.6 Å². The Morgan fingerprint density at radius 2 is 1.73 bits per heavy atom. The summed E-state index contributed by atoms with van der Waals surface area (Å²) in [5, 5.41) is 11.5. The van der Waals surface area contributed by atoms with Gasteiger partial charge in [-0.1, -0.05) is 49.4 Å². The highest BCUT2D eigenvalue weighted by molar-refractivity contribution is 6.09. The third-order valence-electron chi connectivity index (χ3n) is 5.93. The maximum atomic E-state index is 13.5. The Labute approximate surface area is 175 Å². The van der Waals surface area contributed by atoms with Crippen molar-refractivity contribution in [3.63, 3.8) is 0 Å². The summed E-state index contributed by atoms with van der Waals surface area (Å²) in [5.74, 6) is -0.550. The summed E-state index contributed by atoms with van der Waals surface area (Å²) in [7, 11) is 3.18. The zero-order valence-electron chi connectivity index (χ0n) is 17.6. The number of carbonyl (C=O) groups is 2. The summed E-state index contributed by atoms with van der Waals surface area (Å²) in [6.45, 7) is 3.63. The maximum absolute atomic E-state index is 13.5. The van der Waals surface area contributed by atoms with Crippen molar-refractivity contribution in [1.29, 1.82) is 0 Å². The van der Waals surface area contributed by atoms with Gasteiger partial charge in [-0.15, -0.1) is 0 Å². The quantitative estimate of drug-likeness (QED) is 0.431. The van der Waals surface area contributed by atoms with Crippen LogP contribution in [0.15, 0.2) is 54.2 Å². The number of amides is 2. The molecule has 1 heterocycles. The first kappa shape index (κ1) is 21.2. The number of carbonyl (C=O) groups excluding carboxylic acids is 2. The molecule has 1 unspecified atom stereocenters. The molecule has 2 aromatic rings. The molecule has 0 aliphatic carbocycles. The zero-order valence-corrected chi connectivity index (χ0v) is 17.6. The van der Waals surface area contributed by atoms with Crippen molar-refractivity contribution in [2.45, 2.75) is 32.2 Å². The third-order valence-corrected chi connectivity index (χ3v) is 5.93. The molecule has 2 amide bonds. The normalized spacial score (nSPS) is 20.7. The van der Waals surface area contributed by atoms with Crippen LogP contribution in [-0.2, 0) is 16.0 Å². The van der Waals surface area contributed by atoms with Gasteiger partial charge in [0.1, 0.15) is 11.2 Å². The zero-order chi connectivity index (χ0) is 22.1. The van der Waals surface area contributed by atoms with E-state index in [1.54, 1.807) is 33.2 Å². The largest absolute Gasteiger partial charge is 0.325 e. The van der Waals surface area contributed by atoms with Crippen molar-refractivity contribution in [2.75, 3.05) is 14.1 Å². The molecule has 2 aromatic carbocycles. The SMILES string of the molecule is CCC1(Cc2ccccc2)C(=O)N(C)/C(=C/c2c(C)cccc2[N+](=O)[O-])C(=O)N1C. The molecule has 1 atom stereocenters. The molecule has 3 rings (SSSR count). The van der Waals surface area contributed by atoms with Crippen LogP contribution in [0, 0.1) is 17.0 Å². The van der Waals surface area contributed by atoms with Crippen LogP contribution < -0.4 is 0 Å². The molecule has 0 radical (unpaired) electrons. The van der Waals surface area contributed by atoms with Crippen molar-refractivity contribution in [1.82, 2.24) is 9.80 Å². The molecular formula is C23H25N3O4. The van der Waals surface area contributed by atoms with Crippen molar-refractivity contribution < 1.29 is 14.5 Å². The van der Waals surface area contributed by atoms with Gasteiger partial charge in [-0.05, 0) is 30.5 Å². The highest BCUT2D eigenvalue weighted by Gasteiger charge is 2.50. The van der Waals surface area contributed by atoms with Crippen LogP contribution in [-0.4, -0.2) is 46.2 Å². The summed E-state index contributed by atoms with van der Waals surface area (Å²) in [6.07, 6.45) is 2.30. The smallest absolute Gasteiger partial charge is 0.276 e. The second-order valence-corrected chi connectivity index (χ2v) is 7.57. The lowest BCUT2D eigenvalue weighted by Gasteiger charge is -2.47. The maximum Gasteiger partial charge on any atom is 0.276 e.